The van der Waals surface area contributed by atoms with E-state index in [1.807, 2.05) is 6.20 Å². The van der Waals surface area contributed by atoms with Crippen LogP contribution in [0.25, 0.3) is 0 Å². The summed E-state index contributed by atoms with van der Waals surface area (Å²) in [6.07, 6.45) is 7.19. The molecule has 0 aliphatic rings. The Bertz CT molecular complexity index is 1720. The van der Waals surface area contributed by atoms with Gasteiger partial charge in [0.2, 0.25) is 7.28 Å². The second-order valence-electron chi connectivity index (χ2n) is 13.7. The van der Waals surface area contributed by atoms with Gasteiger partial charge in [-0.2, -0.15) is 0 Å². The molecule has 1 radical (unpaired) electrons. The molecule has 6 rings (SSSR count). The van der Waals surface area contributed by atoms with Crippen LogP contribution in [0.1, 0.15) is 55.8 Å². The maximum Gasteiger partial charge on any atom is 0.215 e. The molecule has 0 fully saturated rings. The Morgan fingerprint density at radius 2 is 0.979 bits per heavy atom. The van der Waals surface area contributed by atoms with E-state index < -0.39 is 8.07 Å². The van der Waals surface area contributed by atoms with Crippen molar-refractivity contribution in [2.75, 3.05) is 0 Å². The van der Waals surface area contributed by atoms with Gasteiger partial charge in [-0.25, -0.2) is 0 Å². The molecule has 5 aromatic carbocycles. The van der Waals surface area contributed by atoms with Gasteiger partial charge in [-0.05, 0) is 68.3 Å². The second-order valence-corrected chi connectivity index (χ2v) is 17.6. The van der Waals surface area contributed by atoms with Crippen molar-refractivity contribution in [3.05, 3.63) is 174 Å². The van der Waals surface area contributed by atoms with Crippen LogP contribution in [0.3, 0.4) is 0 Å². The molecule has 0 amide bonds. The second kappa shape index (κ2) is 15.0. The van der Waals surface area contributed by atoms with E-state index in [1.54, 1.807) is 0 Å². The summed E-state index contributed by atoms with van der Waals surface area (Å²) in [5.41, 5.74) is 6.33. The third-order valence-electron chi connectivity index (χ3n) is 9.24. The van der Waals surface area contributed by atoms with Crippen LogP contribution in [0, 0.1) is 11.8 Å². The summed E-state index contributed by atoms with van der Waals surface area (Å²) in [6.45, 7) is 9.19. The Balaban J connectivity index is 1.48. The summed E-state index contributed by atoms with van der Waals surface area (Å²) in [5.74, 6) is 1.34. The van der Waals surface area contributed by atoms with Crippen LogP contribution in [0.5, 0.6) is 0 Å². The average Bonchev–Trinajstić information content (AvgIpc) is 3.54. The highest BCUT2D eigenvalue weighted by Gasteiger charge is 2.40. The van der Waals surface area contributed by atoms with E-state index in [9.17, 15) is 0 Å². The highest BCUT2D eigenvalue weighted by atomic mass is 28.3. The first-order valence-electron chi connectivity index (χ1n) is 17.1. The lowest BCUT2D eigenvalue weighted by molar-refractivity contribution is 0.647. The highest BCUT2D eigenvalue weighted by molar-refractivity contribution is 7.10. The minimum Gasteiger partial charge on any atom is -0.345 e. The normalized spacial score (nSPS) is 11.8. The average molecular weight is 630 g/mol. The van der Waals surface area contributed by atoms with Crippen molar-refractivity contribution in [2.45, 2.75) is 52.5 Å². The van der Waals surface area contributed by atoms with Crippen LogP contribution in [0.4, 0.5) is 0 Å². The van der Waals surface area contributed by atoms with Gasteiger partial charge >= 0.3 is 0 Å². The molecule has 1 aromatic heterocycles. The summed E-state index contributed by atoms with van der Waals surface area (Å²) in [4.78, 5) is 5.00. The van der Waals surface area contributed by atoms with Crippen LogP contribution in [0.2, 0.25) is 0 Å². The van der Waals surface area contributed by atoms with Gasteiger partial charge in [0.05, 0.1) is 5.72 Å². The van der Waals surface area contributed by atoms with Gasteiger partial charge in [0.25, 0.3) is 0 Å². The zero-order valence-corrected chi connectivity index (χ0v) is 29.3. The summed E-state index contributed by atoms with van der Waals surface area (Å²) < 4.78 is 2.42. The van der Waals surface area contributed by atoms with Crippen molar-refractivity contribution >= 4 is 36.6 Å². The zero-order chi connectivity index (χ0) is 32.6. The van der Waals surface area contributed by atoms with Crippen LogP contribution in [-0.4, -0.2) is 24.9 Å². The van der Waals surface area contributed by atoms with Crippen molar-refractivity contribution in [3.8, 4) is 0 Å². The van der Waals surface area contributed by atoms with Crippen LogP contribution in [0.15, 0.2) is 152 Å². The van der Waals surface area contributed by atoms with E-state index in [1.165, 1.54) is 37.8 Å². The van der Waals surface area contributed by atoms with Gasteiger partial charge in [0.1, 0.15) is 0 Å². The third kappa shape index (κ3) is 7.60. The number of benzene rings is 5. The Kier molecular flexibility index (Phi) is 10.4. The fraction of sp³-hybridized carbons (Fsp3) is 0.233. The fourth-order valence-electron chi connectivity index (χ4n) is 7.01. The van der Waals surface area contributed by atoms with Gasteiger partial charge in [0.15, 0.2) is 8.07 Å². The summed E-state index contributed by atoms with van der Waals surface area (Å²) in [5, 5.41) is 4.26. The largest absolute Gasteiger partial charge is 0.345 e. The SMILES string of the molecule is CC(C)Cc1ccc([Si](Cn2ccnc2[B]C(c2ccccc2)c2ccccc2)(c2ccccc2)c2ccc(CC(C)C)cc2)cc1. The number of hydrogen-bond acceptors (Lipinski definition) is 1. The molecule has 47 heavy (non-hydrogen) atoms. The molecule has 0 atom stereocenters. The molecule has 0 bridgehead atoms. The van der Waals surface area contributed by atoms with E-state index in [0.717, 1.165) is 24.7 Å². The molecule has 4 heteroatoms. The molecule has 0 spiro atoms. The first-order chi connectivity index (χ1) is 22.9. The van der Waals surface area contributed by atoms with Gasteiger partial charge in [-0.1, -0.05) is 167 Å². The number of imidazole rings is 1. The maximum absolute atomic E-state index is 5.00. The van der Waals surface area contributed by atoms with Gasteiger partial charge < -0.3 is 4.57 Å². The first kappa shape index (κ1) is 32.5. The van der Waals surface area contributed by atoms with Crippen LogP contribution in [-0.2, 0) is 19.0 Å². The molecule has 0 aliphatic heterocycles. The van der Waals surface area contributed by atoms with Gasteiger partial charge in [0, 0.05) is 18.6 Å². The van der Waals surface area contributed by atoms with E-state index in [4.69, 9.17) is 4.98 Å². The van der Waals surface area contributed by atoms with Crippen molar-refractivity contribution in [1.29, 1.82) is 0 Å². The first-order valence-corrected chi connectivity index (χ1v) is 19.3. The smallest absolute Gasteiger partial charge is 0.215 e. The van der Waals surface area contributed by atoms with Crippen molar-refractivity contribution in [2.24, 2.45) is 11.8 Å². The van der Waals surface area contributed by atoms with E-state index in [0.29, 0.717) is 11.8 Å². The van der Waals surface area contributed by atoms with Crippen LogP contribution < -0.4 is 21.3 Å². The maximum atomic E-state index is 5.00. The van der Waals surface area contributed by atoms with Crippen molar-refractivity contribution in [3.63, 3.8) is 0 Å². The number of nitrogens with zero attached hydrogens (tertiary/aromatic N) is 2. The van der Waals surface area contributed by atoms with E-state index in [-0.39, 0.29) is 5.82 Å². The van der Waals surface area contributed by atoms with E-state index in [2.05, 4.69) is 185 Å². The Morgan fingerprint density at radius 1 is 0.553 bits per heavy atom. The predicted molar refractivity (Wildman–Crippen MR) is 203 cm³/mol. The molecule has 2 nitrogen and oxygen atoms in total. The van der Waals surface area contributed by atoms with Crippen LogP contribution >= 0.6 is 0 Å². The lowest BCUT2D eigenvalue weighted by Gasteiger charge is -2.35. The van der Waals surface area contributed by atoms with Crippen molar-refractivity contribution in [1.82, 2.24) is 9.55 Å². The van der Waals surface area contributed by atoms with Gasteiger partial charge in [-0.3, -0.25) is 4.98 Å². The number of rotatable bonds is 13. The standard InChI is InChI=1S/C43H46BN2Si/c1-33(2)30-35-20-24-40(25-21-35)47(39-18-12-7-13-19-39,41-26-22-36(23-27-41)31-34(3)4)32-46-29-28-45-43(46)44-42(37-14-8-5-9-15-37)38-16-10-6-11-17-38/h5-29,33-34,42H,30-32H2,1-4H3. The molecule has 235 valence electrons. The Labute approximate surface area is 283 Å². The number of hydrogen-bond donors (Lipinski definition) is 0. The molecule has 1 heterocycles. The third-order valence-corrected chi connectivity index (χ3v) is 14.0. The molecule has 0 saturated heterocycles. The summed E-state index contributed by atoms with van der Waals surface area (Å²) in [7, 11) is -0.239. The summed E-state index contributed by atoms with van der Waals surface area (Å²) in [6, 6.07) is 52.0. The Hall–Kier alpha value is -4.41. The molecule has 0 saturated carbocycles. The molecular weight excluding hydrogens is 583 g/mol. The summed E-state index contributed by atoms with van der Waals surface area (Å²) >= 11 is 0. The predicted octanol–water partition coefficient (Wildman–Crippen LogP) is 7.11. The lowest BCUT2D eigenvalue weighted by atomic mass is 9.58. The molecule has 6 aromatic rings. The van der Waals surface area contributed by atoms with Gasteiger partial charge in [-0.15, -0.1) is 0 Å². The fourth-order valence-corrected chi connectivity index (χ4v) is 11.6. The van der Waals surface area contributed by atoms with Crippen molar-refractivity contribution < 1.29 is 0 Å². The Morgan fingerprint density at radius 3 is 1.43 bits per heavy atom. The molecule has 0 aliphatic carbocycles. The quantitative estimate of drug-likeness (QED) is 0.0984. The number of aromatic nitrogens is 2. The molecular formula is C43H46BN2Si. The minimum atomic E-state index is -2.59. The minimum absolute atomic E-state index is 0.0944. The monoisotopic (exact) mass is 629 g/mol. The zero-order valence-electron chi connectivity index (χ0n) is 28.3. The molecule has 0 N–H and O–H groups in total. The molecule has 0 unspecified atom stereocenters. The highest BCUT2D eigenvalue weighted by Crippen LogP contribution is 2.23. The lowest BCUT2D eigenvalue weighted by Crippen LogP contribution is -2.70. The topological polar surface area (TPSA) is 17.8 Å². The van der Waals surface area contributed by atoms with E-state index >= 15 is 0 Å².